The van der Waals surface area contributed by atoms with Gasteiger partial charge >= 0.3 is 0 Å². The molecular formula is C28H29ClN4O4S. The van der Waals surface area contributed by atoms with Crippen LogP contribution in [0.4, 0.5) is 0 Å². The Balaban J connectivity index is 1.29. The summed E-state index contributed by atoms with van der Waals surface area (Å²) in [6.07, 6.45) is 6.64. The van der Waals surface area contributed by atoms with Crippen LogP contribution in [0.1, 0.15) is 52.1 Å². The molecule has 2 N–H and O–H groups in total. The molecule has 2 aromatic heterocycles. The molecule has 1 aliphatic heterocycles. The Morgan fingerprint density at radius 3 is 2.21 bits per heavy atom. The maximum absolute atomic E-state index is 13.2. The van der Waals surface area contributed by atoms with Crippen molar-refractivity contribution in [3.8, 4) is 5.69 Å². The second-order valence-corrected chi connectivity index (χ2v) is 11.6. The van der Waals surface area contributed by atoms with Crippen LogP contribution >= 0.6 is 22.9 Å². The third kappa shape index (κ3) is 6.00. The summed E-state index contributed by atoms with van der Waals surface area (Å²) < 4.78 is 2.01. The van der Waals surface area contributed by atoms with Gasteiger partial charge in [-0.1, -0.05) is 30.5 Å². The van der Waals surface area contributed by atoms with E-state index in [4.69, 9.17) is 11.6 Å². The van der Waals surface area contributed by atoms with Crippen molar-refractivity contribution in [2.45, 2.75) is 44.2 Å². The molecule has 1 aromatic carbocycles. The zero-order valence-electron chi connectivity index (χ0n) is 20.8. The first kappa shape index (κ1) is 26.2. The Labute approximate surface area is 229 Å². The summed E-state index contributed by atoms with van der Waals surface area (Å²) in [5, 5.41) is 6.01. The van der Waals surface area contributed by atoms with Crippen LogP contribution in [0.3, 0.4) is 0 Å². The molecular weight excluding hydrogens is 524 g/mol. The molecule has 38 heavy (non-hydrogen) atoms. The average molecular weight is 553 g/mol. The molecule has 0 bridgehead atoms. The Kier molecular flexibility index (Phi) is 7.95. The predicted octanol–water partition coefficient (Wildman–Crippen LogP) is 3.87. The number of halogens is 1. The quantitative estimate of drug-likeness (QED) is 0.464. The number of nitrogens with zero attached hydrogens (tertiary/aromatic N) is 2. The van der Waals surface area contributed by atoms with Crippen molar-refractivity contribution in [2.75, 3.05) is 13.1 Å². The van der Waals surface area contributed by atoms with Crippen molar-refractivity contribution in [1.82, 2.24) is 20.1 Å². The van der Waals surface area contributed by atoms with E-state index < -0.39 is 12.1 Å². The number of likely N-dealkylation sites (tertiary alicyclic amines) is 1. The number of carbonyl (C=O) groups excluding carboxylic acids is 3. The fraction of sp³-hybridized carbons (Fsp3) is 0.357. The lowest BCUT2D eigenvalue weighted by Gasteiger charge is -2.20. The molecule has 2 fully saturated rings. The van der Waals surface area contributed by atoms with E-state index in [9.17, 15) is 19.2 Å². The van der Waals surface area contributed by atoms with E-state index in [1.165, 1.54) is 22.0 Å². The topological polar surface area (TPSA) is 101 Å². The molecule has 2 atom stereocenters. The molecule has 0 radical (unpaired) electrons. The summed E-state index contributed by atoms with van der Waals surface area (Å²) in [7, 11) is 0. The number of thiophene rings is 1. The minimum atomic E-state index is -0.453. The lowest BCUT2D eigenvalue weighted by Crippen LogP contribution is -2.50. The third-order valence-corrected chi connectivity index (χ3v) is 8.50. The standard InChI is InChI=1S/C28H29ClN4O4S/c29-24-13-12-23(38-24)28(37)31-22-17-32(26(35)15-18-5-1-2-6-18)16-21(22)30-27(36)19-8-10-20(11-9-19)33-14-4-3-7-25(33)34/h3-4,7-14,18,21-22H,1-2,5-6,15-17H2,(H,30,36)(H,31,37)/t21-,22+/m0/s1. The van der Waals surface area contributed by atoms with Crippen molar-refractivity contribution >= 4 is 40.7 Å². The van der Waals surface area contributed by atoms with Crippen molar-refractivity contribution in [3.05, 3.63) is 85.9 Å². The zero-order valence-corrected chi connectivity index (χ0v) is 22.3. The van der Waals surface area contributed by atoms with Crippen LogP contribution in [0.25, 0.3) is 5.69 Å². The number of aromatic nitrogens is 1. The van der Waals surface area contributed by atoms with Crippen LogP contribution in [0.15, 0.2) is 65.6 Å². The van der Waals surface area contributed by atoms with Crippen molar-refractivity contribution in [3.63, 3.8) is 0 Å². The largest absolute Gasteiger partial charge is 0.345 e. The first-order chi connectivity index (χ1) is 18.4. The van der Waals surface area contributed by atoms with Crippen LogP contribution in [0.5, 0.6) is 0 Å². The number of hydrogen-bond acceptors (Lipinski definition) is 5. The monoisotopic (exact) mass is 552 g/mol. The fourth-order valence-electron chi connectivity index (χ4n) is 5.23. The Bertz CT molecular complexity index is 1380. The lowest BCUT2D eigenvalue weighted by molar-refractivity contribution is -0.131. The van der Waals surface area contributed by atoms with Crippen molar-refractivity contribution < 1.29 is 14.4 Å². The van der Waals surface area contributed by atoms with Gasteiger partial charge in [0.2, 0.25) is 5.91 Å². The van der Waals surface area contributed by atoms with Gasteiger partial charge in [0.05, 0.1) is 21.3 Å². The second-order valence-electron chi connectivity index (χ2n) is 9.87. The molecule has 2 aliphatic rings. The Morgan fingerprint density at radius 1 is 0.895 bits per heavy atom. The minimum Gasteiger partial charge on any atom is -0.345 e. The van der Waals surface area contributed by atoms with E-state index in [1.54, 1.807) is 59.6 Å². The Hall–Kier alpha value is -3.43. The number of carbonyl (C=O) groups is 3. The van der Waals surface area contributed by atoms with Gasteiger partial charge in [-0.05, 0) is 61.2 Å². The molecule has 10 heteroatoms. The van der Waals surface area contributed by atoms with E-state index in [0.29, 0.717) is 45.9 Å². The van der Waals surface area contributed by atoms with E-state index in [2.05, 4.69) is 10.6 Å². The van der Waals surface area contributed by atoms with Crippen molar-refractivity contribution in [2.24, 2.45) is 5.92 Å². The number of rotatable bonds is 7. The van der Waals surface area contributed by atoms with Gasteiger partial charge in [0.1, 0.15) is 0 Å². The van der Waals surface area contributed by atoms with Crippen LogP contribution in [-0.4, -0.2) is 52.4 Å². The van der Waals surface area contributed by atoms with Crippen LogP contribution in [0.2, 0.25) is 4.34 Å². The first-order valence-corrected chi connectivity index (χ1v) is 14.0. The predicted molar refractivity (Wildman–Crippen MR) is 147 cm³/mol. The van der Waals surface area contributed by atoms with Crippen molar-refractivity contribution in [1.29, 1.82) is 0 Å². The fourth-order valence-corrected chi connectivity index (χ4v) is 6.18. The summed E-state index contributed by atoms with van der Waals surface area (Å²) in [6, 6.07) is 14.1. The maximum Gasteiger partial charge on any atom is 0.261 e. The second kappa shape index (κ2) is 11.5. The first-order valence-electron chi connectivity index (χ1n) is 12.8. The van der Waals surface area contributed by atoms with Gasteiger partial charge in [-0.15, -0.1) is 11.3 Å². The highest BCUT2D eigenvalue weighted by Gasteiger charge is 2.38. The van der Waals surface area contributed by atoms with Gasteiger partial charge in [-0.25, -0.2) is 0 Å². The highest BCUT2D eigenvalue weighted by Crippen LogP contribution is 2.29. The molecule has 0 unspecified atom stereocenters. The SMILES string of the molecule is O=C(N[C@H]1CN(C(=O)CC2CCCC2)C[C@H]1NC(=O)c1ccc(Cl)s1)c1ccc(-n2ccccc2=O)cc1. The van der Waals surface area contributed by atoms with Gasteiger partial charge in [-0.3, -0.25) is 23.7 Å². The molecule has 3 amide bonds. The number of nitrogens with one attached hydrogen (secondary N) is 2. The Morgan fingerprint density at radius 2 is 1.58 bits per heavy atom. The van der Waals surface area contributed by atoms with E-state index >= 15 is 0 Å². The molecule has 1 saturated heterocycles. The van der Waals surface area contributed by atoms with Crippen LogP contribution in [-0.2, 0) is 4.79 Å². The summed E-state index contributed by atoms with van der Waals surface area (Å²) in [4.78, 5) is 53.4. The summed E-state index contributed by atoms with van der Waals surface area (Å²) in [5.74, 6) is -0.128. The molecule has 3 heterocycles. The highest BCUT2D eigenvalue weighted by molar-refractivity contribution is 7.18. The average Bonchev–Trinajstić information content (AvgIpc) is 3.67. The van der Waals surface area contributed by atoms with Crippen LogP contribution in [0, 0.1) is 5.92 Å². The summed E-state index contributed by atoms with van der Waals surface area (Å²) >= 11 is 7.18. The molecule has 1 aliphatic carbocycles. The van der Waals surface area contributed by atoms with Gasteiger partial charge in [-0.2, -0.15) is 0 Å². The summed E-state index contributed by atoms with van der Waals surface area (Å²) in [6.45, 7) is 0.655. The summed E-state index contributed by atoms with van der Waals surface area (Å²) in [5.41, 5.74) is 0.906. The van der Waals surface area contributed by atoms with Gasteiger partial charge in [0.25, 0.3) is 17.4 Å². The maximum atomic E-state index is 13.2. The van der Waals surface area contributed by atoms with Gasteiger partial charge in [0, 0.05) is 43.0 Å². The zero-order chi connectivity index (χ0) is 26.6. The number of benzene rings is 1. The highest BCUT2D eigenvalue weighted by atomic mass is 35.5. The number of pyridine rings is 1. The lowest BCUT2D eigenvalue weighted by atomic mass is 10.0. The van der Waals surface area contributed by atoms with Crippen LogP contribution < -0.4 is 16.2 Å². The number of hydrogen-bond donors (Lipinski definition) is 2. The molecule has 3 aromatic rings. The molecule has 0 spiro atoms. The minimum absolute atomic E-state index is 0.0599. The molecule has 1 saturated carbocycles. The smallest absolute Gasteiger partial charge is 0.261 e. The normalized spacial score (nSPS) is 19.4. The van der Waals surface area contributed by atoms with Gasteiger partial charge in [0.15, 0.2) is 0 Å². The van der Waals surface area contributed by atoms with E-state index in [0.717, 1.165) is 25.7 Å². The molecule has 198 valence electrons. The third-order valence-electron chi connectivity index (χ3n) is 7.27. The van der Waals surface area contributed by atoms with E-state index in [-0.39, 0.29) is 23.3 Å². The van der Waals surface area contributed by atoms with Gasteiger partial charge < -0.3 is 15.5 Å². The van der Waals surface area contributed by atoms with E-state index in [1.807, 2.05) is 0 Å². The molecule has 8 nitrogen and oxygen atoms in total. The molecule has 5 rings (SSSR count). The number of amides is 3.